The third-order valence-corrected chi connectivity index (χ3v) is 9.85. The number of rotatable bonds is 10. The number of aromatic nitrogens is 1. The minimum atomic E-state index is -1.02. The van der Waals surface area contributed by atoms with E-state index in [9.17, 15) is 19.8 Å². The van der Waals surface area contributed by atoms with Gasteiger partial charge in [0.05, 0.1) is 16.8 Å². The zero-order valence-corrected chi connectivity index (χ0v) is 27.8. The van der Waals surface area contributed by atoms with Gasteiger partial charge in [0.15, 0.2) is 5.43 Å². The molecule has 0 spiro atoms. The first-order valence-electron chi connectivity index (χ1n) is 15.2. The summed E-state index contributed by atoms with van der Waals surface area (Å²) >= 11 is 1.84. The van der Waals surface area contributed by atoms with E-state index in [1.54, 1.807) is 19.2 Å². The van der Waals surface area contributed by atoms with Gasteiger partial charge in [0.1, 0.15) is 17.1 Å². The molecule has 45 heavy (non-hydrogen) atoms. The molecule has 0 bridgehead atoms. The van der Waals surface area contributed by atoms with Crippen LogP contribution in [0.3, 0.4) is 0 Å². The second-order valence-corrected chi connectivity index (χ2v) is 13.2. The number of pyridine rings is 1. The number of benzene rings is 3. The summed E-state index contributed by atoms with van der Waals surface area (Å²) in [6.07, 6.45) is 1.78. The minimum Gasteiger partial charge on any atom is -0.507 e. The molecule has 0 saturated carbocycles. The monoisotopic (exact) mass is 624 g/mol. The van der Waals surface area contributed by atoms with Crippen molar-refractivity contribution >= 4 is 28.7 Å². The van der Waals surface area contributed by atoms with Crippen molar-refractivity contribution < 1.29 is 19.4 Å². The van der Waals surface area contributed by atoms with Gasteiger partial charge in [-0.05, 0) is 105 Å². The molecule has 0 saturated heterocycles. The van der Waals surface area contributed by atoms with Crippen LogP contribution in [-0.4, -0.2) is 44.1 Å². The smallest absolute Gasteiger partial charge is 0.336 e. The topological polar surface area (TPSA) is 104 Å². The Labute approximate surface area is 268 Å². The Balaban J connectivity index is 1.87. The Morgan fingerprint density at radius 3 is 2.33 bits per heavy atom. The first kappa shape index (κ1) is 32.3. The number of carboxylic acid groups (broad SMARTS) is 1. The van der Waals surface area contributed by atoms with E-state index in [2.05, 4.69) is 16.8 Å². The lowest BCUT2D eigenvalue weighted by Crippen LogP contribution is -2.26. The van der Waals surface area contributed by atoms with Crippen molar-refractivity contribution in [2.75, 3.05) is 18.1 Å². The van der Waals surface area contributed by atoms with Crippen LogP contribution in [0, 0.1) is 41.5 Å². The molecule has 0 amide bonds. The third kappa shape index (κ3) is 6.09. The lowest BCUT2D eigenvalue weighted by Gasteiger charge is -2.26. The van der Waals surface area contributed by atoms with Crippen LogP contribution in [0.1, 0.15) is 61.9 Å². The van der Waals surface area contributed by atoms with Crippen molar-refractivity contribution in [2.24, 2.45) is 0 Å². The molecule has 234 valence electrons. The highest BCUT2D eigenvalue weighted by Crippen LogP contribution is 2.47. The fraction of sp³-hybridized carbons (Fsp3) is 0.324. The van der Waals surface area contributed by atoms with Crippen LogP contribution in [0.4, 0.5) is 0 Å². The number of aromatic carboxylic acids is 1. The van der Waals surface area contributed by atoms with Crippen molar-refractivity contribution in [3.63, 3.8) is 0 Å². The number of thioether (sulfide) groups is 1. The van der Waals surface area contributed by atoms with Crippen molar-refractivity contribution in [1.29, 1.82) is 0 Å². The quantitative estimate of drug-likeness (QED) is 0.119. The second kappa shape index (κ2) is 13.1. The molecular weight excluding hydrogens is 584 g/mol. The van der Waals surface area contributed by atoms with Gasteiger partial charge < -0.3 is 14.6 Å². The molecule has 0 unspecified atom stereocenters. The first-order chi connectivity index (χ1) is 21.4. The zero-order chi connectivity index (χ0) is 32.6. The SMILES string of the molecule is CCSCCN(Cc1ccccn1)Cc1c(O)c(C)cc2c(-c3c(C)c(C)c(C)c(C)c3C(=O)O)c3cc(C)c(=O)cc-3oc12. The lowest BCUT2D eigenvalue weighted by molar-refractivity contribution is 0.0696. The summed E-state index contributed by atoms with van der Waals surface area (Å²) in [5, 5.41) is 22.8. The number of fused-ring (bicyclic) bond motifs is 2. The number of aryl methyl sites for hydroxylation is 2. The molecule has 1 aromatic heterocycles. The van der Waals surface area contributed by atoms with Crippen LogP contribution >= 0.6 is 11.8 Å². The molecule has 0 atom stereocenters. The Morgan fingerprint density at radius 1 is 0.933 bits per heavy atom. The van der Waals surface area contributed by atoms with Gasteiger partial charge in [0.2, 0.25) is 0 Å². The molecule has 0 radical (unpaired) electrons. The molecule has 3 aromatic rings. The maximum absolute atomic E-state index is 12.9. The van der Waals surface area contributed by atoms with Gasteiger partial charge in [-0.2, -0.15) is 11.8 Å². The van der Waals surface area contributed by atoms with E-state index in [1.807, 2.05) is 70.6 Å². The maximum atomic E-state index is 12.9. The van der Waals surface area contributed by atoms with Crippen molar-refractivity contribution in [3.05, 3.63) is 103 Å². The summed E-state index contributed by atoms with van der Waals surface area (Å²) in [5.74, 6) is 1.35. The van der Waals surface area contributed by atoms with E-state index in [4.69, 9.17) is 4.42 Å². The van der Waals surface area contributed by atoms with Gasteiger partial charge in [-0.3, -0.25) is 14.7 Å². The maximum Gasteiger partial charge on any atom is 0.336 e. The molecule has 1 aliphatic carbocycles. The van der Waals surface area contributed by atoms with Gasteiger partial charge in [0.25, 0.3) is 0 Å². The number of nitrogens with zero attached hydrogens (tertiary/aromatic N) is 2. The van der Waals surface area contributed by atoms with E-state index in [-0.39, 0.29) is 16.7 Å². The van der Waals surface area contributed by atoms with Crippen molar-refractivity contribution in [2.45, 2.75) is 61.6 Å². The Morgan fingerprint density at radius 2 is 1.67 bits per heavy atom. The van der Waals surface area contributed by atoms with Gasteiger partial charge >= 0.3 is 5.97 Å². The highest BCUT2D eigenvalue weighted by atomic mass is 32.2. The van der Waals surface area contributed by atoms with Gasteiger partial charge in [-0.25, -0.2) is 4.79 Å². The fourth-order valence-electron chi connectivity index (χ4n) is 6.17. The predicted octanol–water partition coefficient (Wildman–Crippen LogP) is 7.97. The summed E-state index contributed by atoms with van der Waals surface area (Å²) in [5.41, 5.74) is 8.65. The Bertz CT molecular complexity index is 1950. The van der Waals surface area contributed by atoms with E-state index < -0.39 is 5.97 Å². The van der Waals surface area contributed by atoms with E-state index in [0.29, 0.717) is 68.8 Å². The highest BCUT2D eigenvalue weighted by molar-refractivity contribution is 7.99. The molecule has 2 N–H and O–H groups in total. The Kier molecular flexibility index (Phi) is 9.37. The second-order valence-electron chi connectivity index (χ2n) is 11.8. The average molecular weight is 625 g/mol. The highest BCUT2D eigenvalue weighted by Gasteiger charge is 2.29. The number of phenolic OH excluding ortho intramolecular Hbond substituents is 1. The molecule has 5 rings (SSSR count). The number of hydrogen-bond donors (Lipinski definition) is 2. The van der Waals surface area contributed by atoms with Crippen LogP contribution in [0.5, 0.6) is 5.75 Å². The number of carbonyl (C=O) groups is 1. The molecule has 1 aliphatic heterocycles. The standard InChI is InChI=1S/C37H40N2O5S/c1-8-45-14-13-39(18-26-11-9-10-12-38-26)19-29-35(41)21(3)16-28-34(27-15-20(2)30(40)17-31(27)44-36(28)29)32-24(6)22(4)23(5)25(7)33(32)37(42)43/h9-12,15-17,41H,8,13-14,18-19H2,1-7H3,(H,42,43). The molecular formula is C37H40N2O5S. The lowest BCUT2D eigenvalue weighted by atomic mass is 9.81. The Hall–Kier alpha value is -4.14. The van der Waals surface area contributed by atoms with Crippen LogP contribution in [0.25, 0.3) is 33.4 Å². The molecule has 2 aliphatic rings. The zero-order valence-electron chi connectivity index (χ0n) is 27.0. The van der Waals surface area contributed by atoms with Crippen LogP contribution in [0.15, 0.2) is 51.8 Å². The largest absolute Gasteiger partial charge is 0.507 e. The summed E-state index contributed by atoms with van der Waals surface area (Å²) in [7, 11) is 0. The fourth-order valence-corrected chi connectivity index (χ4v) is 6.85. The molecule has 2 aromatic carbocycles. The molecule has 0 fully saturated rings. The van der Waals surface area contributed by atoms with E-state index in [1.165, 1.54) is 6.07 Å². The van der Waals surface area contributed by atoms with Gasteiger partial charge in [-0.15, -0.1) is 0 Å². The third-order valence-electron chi connectivity index (χ3n) is 8.97. The first-order valence-corrected chi connectivity index (χ1v) is 16.4. The average Bonchev–Trinajstić information content (AvgIpc) is 3.00. The van der Waals surface area contributed by atoms with E-state index >= 15 is 0 Å². The van der Waals surface area contributed by atoms with Crippen LogP contribution in [-0.2, 0) is 13.1 Å². The number of phenols is 1. The molecule has 8 heteroatoms. The molecule has 7 nitrogen and oxygen atoms in total. The summed E-state index contributed by atoms with van der Waals surface area (Å²) < 4.78 is 6.56. The van der Waals surface area contributed by atoms with E-state index in [0.717, 1.165) is 40.4 Å². The summed E-state index contributed by atoms with van der Waals surface area (Å²) in [4.78, 5) is 32.6. The van der Waals surface area contributed by atoms with Gasteiger partial charge in [-0.1, -0.05) is 13.0 Å². The summed E-state index contributed by atoms with van der Waals surface area (Å²) in [6.45, 7) is 15.2. The number of aromatic hydroxyl groups is 1. The normalized spacial score (nSPS) is 11.6. The van der Waals surface area contributed by atoms with Crippen molar-refractivity contribution in [3.8, 4) is 28.2 Å². The predicted molar refractivity (Wildman–Crippen MR) is 183 cm³/mol. The van der Waals surface area contributed by atoms with Crippen molar-refractivity contribution in [1.82, 2.24) is 9.88 Å². The molecule has 2 heterocycles. The number of carboxylic acids is 1. The number of hydrogen-bond acceptors (Lipinski definition) is 7. The minimum absolute atomic E-state index is 0.117. The van der Waals surface area contributed by atoms with Gasteiger partial charge in [0, 0.05) is 59.7 Å². The van der Waals surface area contributed by atoms with Crippen LogP contribution in [0.2, 0.25) is 0 Å². The summed E-state index contributed by atoms with van der Waals surface area (Å²) in [6, 6.07) is 11.0. The van der Waals surface area contributed by atoms with Crippen LogP contribution < -0.4 is 5.43 Å².